The standard InChI is InChI=1S/C16H23NO4/c1-3-16(4-2,15(19)20)17-14(18)11-8-12-21-13-9-6-5-7-10-13/h5-7,9-10H,3-4,8,11-12H2,1-2H3,(H,17,18)(H,19,20). The summed E-state index contributed by atoms with van der Waals surface area (Å²) in [5.74, 6) is -0.473. The highest BCUT2D eigenvalue weighted by Crippen LogP contribution is 2.16. The Balaban J connectivity index is 2.35. The molecule has 0 aliphatic carbocycles. The quantitative estimate of drug-likeness (QED) is 0.686. The van der Waals surface area contributed by atoms with Crippen molar-refractivity contribution in [3.63, 3.8) is 0 Å². The van der Waals surface area contributed by atoms with Crippen LogP contribution >= 0.6 is 0 Å². The average Bonchev–Trinajstić information content (AvgIpc) is 2.50. The van der Waals surface area contributed by atoms with Crippen LogP contribution in [0.15, 0.2) is 30.3 Å². The molecular weight excluding hydrogens is 270 g/mol. The second-order valence-electron chi connectivity index (χ2n) is 4.91. The van der Waals surface area contributed by atoms with E-state index < -0.39 is 11.5 Å². The molecular formula is C16H23NO4. The molecule has 5 nitrogen and oxygen atoms in total. The number of carbonyl (C=O) groups is 2. The number of carbonyl (C=O) groups excluding carboxylic acids is 1. The van der Waals surface area contributed by atoms with Gasteiger partial charge >= 0.3 is 5.97 Å². The maximum absolute atomic E-state index is 11.9. The van der Waals surface area contributed by atoms with E-state index >= 15 is 0 Å². The number of ether oxygens (including phenoxy) is 1. The Morgan fingerprint density at radius 1 is 1.19 bits per heavy atom. The molecule has 0 spiro atoms. The molecule has 1 amide bonds. The van der Waals surface area contributed by atoms with E-state index in [2.05, 4.69) is 5.32 Å². The van der Waals surface area contributed by atoms with Gasteiger partial charge in [-0.3, -0.25) is 4.79 Å². The summed E-state index contributed by atoms with van der Waals surface area (Å²) in [6, 6.07) is 9.37. The van der Waals surface area contributed by atoms with Crippen molar-refractivity contribution in [2.45, 2.75) is 45.1 Å². The fourth-order valence-electron chi connectivity index (χ4n) is 2.05. The van der Waals surface area contributed by atoms with Gasteiger partial charge < -0.3 is 15.2 Å². The van der Waals surface area contributed by atoms with Crippen molar-refractivity contribution in [1.82, 2.24) is 5.32 Å². The fourth-order valence-corrected chi connectivity index (χ4v) is 2.05. The third-order valence-corrected chi connectivity index (χ3v) is 3.56. The topological polar surface area (TPSA) is 75.6 Å². The lowest BCUT2D eigenvalue weighted by molar-refractivity contribution is -0.148. The van der Waals surface area contributed by atoms with Gasteiger partial charge in [-0.05, 0) is 31.4 Å². The van der Waals surface area contributed by atoms with Gasteiger partial charge in [-0.1, -0.05) is 32.0 Å². The maximum atomic E-state index is 11.9. The van der Waals surface area contributed by atoms with Crippen LogP contribution in [0.4, 0.5) is 0 Å². The van der Waals surface area contributed by atoms with Crippen molar-refractivity contribution in [1.29, 1.82) is 0 Å². The molecule has 0 fully saturated rings. The van der Waals surface area contributed by atoms with Crippen LogP contribution in [-0.2, 0) is 9.59 Å². The zero-order valence-electron chi connectivity index (χ0n) is 12.6. The predicted octanol–water partition coefficient (Wildman–Crippen LogP) is 2.61. The van der Waals surface area contributed by atoms with E-state index in [0.717, 1.165) is 5.75 Å². The number of benzene rings is 1. The third kappa shape index (κ3) is 5.10. The molecule has 0 aliphatic rings. The minimum atomic E-state index is -1.16. The van der Waals surface area contributed by atoms with Gasteiger partial charge in [0.25, 0.3) is 0 Å². The summed E-state index contributed by atoms with van der Waals surface area (Å²) in [4.78, 5) is 23.2. The number of hydrogen-bond donors (Lipinski definition) is 2. The monoisotopic (exact) mass is 293 g/mol. The Morgan fingerprint density at radius 2 is 1.81 bits per heavy atom. The molecule has 5 heteroatoms. The molecule has 0 heterocycles. The van der Waals surface area contributed by atoms with E-state index in [1.807, 2.05) is 30.3 Å². The smallest absolute Gasteiger partial charge is 0.329 e. The summed E-state index contributed by atoms with van der Waals surface area (Å²) in [5, 5.41) is 11.9. The van der Waals surface area contributed by atoms with Crippen molar-refractivity contribution in [3.05, 3.63) is 30.3 Å². The summed E-state index contributed by atoms with van der Waals surface area (Å²) < 4.78 is 5.49. The fraction of sp³-hybridized carbons (Fsp3) is 0.500. The number of para-hydroxylation sites is 1. The van der Waals surface area contributed by atoms with Crippen molar-refractivity contribution in [2.75, 3.05) is 6.61 Å². The highest BCUT2D eigenvalue weighted by Gasteiger charge is 2.35. The molecule has 0 aromatic heterocycles. The Hall–Kier alpha value is -2.04. The molecule has 0 unspecified atom stereocenters. The number of carboxylic acid groups (broad SMARTS) is 1. The average molecular weight is 293 g/mol. The van der Waals surface area contributed by atoms with E-state index in [0.29, 0.717) is 25.9 Å². The minimum Gasteiger partial charge on any atom is -0.494 e. The van der Waals surface area contributed by atoms with Crippen LogP contribution in [-0.4, -0.2) is 29.1 Å². The van der Waals surface area contributed by atoms with Gasteiger partial charge in [0.15, 0.2) is 0 Å². The van der Waals surface area contributed by atoms with Gasteiger partial charge in [0.05, 0.1) is 6.61 Å². The lowest BCUT2D eigenvalue weighted by atomic mass is 9.92. The Bertz CT molecular complexity index is 455. The number of hydrogen-bond acceptors (Lipinski definition) is 3. The molecule has 1 aromatic carbocycles. The lowest BCUT2D eigenvalue weighted by Gasteiger charge is -2.28. The van der Waals surface area contributed by atoms with Gasteiger partial charge in [0, 0.05) is 6.42 Å². The predicted molar refractivity (Wildman–Crippen MR) is 80.3 cm³/mol. The Morgan fingerprint density at radius 3 is 2.33 bits per heavy atom. The highest BCUT2D eigenvalue weighted by molar-refractivity contribution is 5.86. The van der Waals surface area contributed by atoms with Crippen molar-refractivity contribution >= 4 is 11.9 Å². The first-order valence-corrected chi connectivity index (χ1v) is 7.26. The molecule has 0 aliphatic heterocycles. The van der Waals surface area contributed by atoms with Crippen LogP contribution in [0.1, 0.15) is 39.5 Å². The highest BCUT2D eigenvalue weighted by atomic mass is 16.5. The summed E-state index contributed by atoms with van der Waals surface area (Å²) in [6.45, 7) is 3.95. The first-order valence-electron chi connectivity index (χ1n) is 7.26. The van der Waals surface area contributed by atoms with Crippen LogP contribution in [0.3, 0.4) is 0 Å². The normalized spacial score (nSPS) is 11.0. The van der Waals surface area contributed by atoms with Crippen molar-refractivity contribution < 1.29 is 19.4 Å². The van der Waals surface area contributed by atoms with Crippen LogP contribution in [0, 0.1) is 0 Å². The van der Waals surface area contributed by atoms with Crippen LogP contribution in [0.5, 0.6) is 5.75 Å². The zero-order valence-corrected chi connectivity index (χ0v) is 12.6. The molecule has 2 N–H and O–H groups in total. The van der Waals surface area contributed by atoms with E-state index in [1.165, 1.54) is 0 Å². The second-order valence-corrected chi connectivity index (χ2v) is 4.91. The SMILES string of the molecule is CCC(CC)(NC(=O)CCCOc1ccccc1)C(=O)O. The first-order chi connectivity index (χ1) is 10.0. The zero-order chi connectivity index (χ0) is 15.7. The first kappa shape index (κ1) is 17.0. The molecule has 1 rings (SSSR count). The Labute approximate surface area is 125 Å². The Kier molecular flexibility index (Phi) is 6.72. The van der Waals surface area contributed by atoms with Gasteiger partial charge in [0.2, 0.25) is 5.91 Å². The van der Waals surface area contributed by atoms with Gasteiger partial charge in [-0.2, -0.15) is 0 Å². The van der Waals surface area contributed by atoms with Crippen molar-refractivity contribution in [3.8, 4) is 5.75 Å². The molecule has 21 heavy (non-hydrogen) atoms. The third-order valence-electron chi connectivity index (χ3n) is 3.56. The molecule has 0 atom stereocenters. The van der Waals surface area contributed by atoms with Crippen LogP contribution in [0.2, 0.25) is 0 Å². The van der Waals surface area contributed by atoms with E-state index in [-0.39, 0.29) is 12.3 Å². The number of carboxylic acids is 1. The van der Waals surface area contributed by atoms with Crippen LogP contribution < -0.4 is 10.1 Å². The molecule has 0 saturated carbocycles. The molecule has 116 valence electrons. The summed E-state index contributed by atoms with van der Waals surface area (Å²) in [5.41, 5.74) is -1.16. The molecule has 0 saturated heterocycles. The largest absolute Gasteiger partial charge is 0.494 e. The number of rotatable bonds is 9. The molecule has 1 aromatic rings. The number of aliphatic carboxylic acids is 1. The maximum Gasteiger partial charge on any atom is 0.329 e. The van der Waals surface area contributed by atoms with Gasteiger partial charge in [-0.15, -0.1) is 0 Å². The minimum absolute atomic E-state index is 0.252. The van der Waals surface area contributed by atoms with Crippen LogP contribution in [0.25, 0.3) is 0 Å². The summed E-state index contributed by atoms with van der Waals surface area (Å²) in [7, 11) is 0. The lowest BCUT2D eigenvalue weighted by Crippen LogP contribution is -2.53. The number of nitrogens with one attached hydrogen (secondary N) is 1. The molecule has 0 radical (unpaired) electrons. The summed E-state index contributed by atoms with van der Waals surface area (Å²) in [6.07, 6.45) is 1.53. The van der Waals surface area contributed by atoms with E-state index in [1.54, 1.807) is 13.8 Å². The summed E-state index contributed by atoms with van der Waals surface area (Å²) >= 11 is 0. The van der Waals surface area contributed by atoms with Gasteiger partial charge in [0.1, 0.15) is 11.3 Å². The van der Waals surface area contributed by atoms with Gasteiger partial charge in [-0.25, -0.2) is 4.79 Å². The second kappa shape index (κ2) is 8.29. The number of amides is 1. The van der Waals surface area contributed by atoms with E-state index in [9.17, 15) is 14.7 Å². The van der Waals surface area contributed by atoms with Crippen molar-refractivity contribution in [2.24, 2.45) is 0 Å². The molecule has 0 bridgehead atoms. The van der Waals surface area contributed by atoms with E-state index in [4.69, 9.17) is 4.74 Å².